The minimum atomic E-state index is -0.890. The zero-order chi connectivity index (χ0) is 16.1. The van der Waals surface area contributed by atoms with Crippen LogP contribution in [0.15, 0.2) is 24.3 Å². The number of H-pyrrole nitrogens is 1. The number of aryl methyl sites for hydroxylation is 1. The van der Waals surface area contributed by atoms with E-state index < -0.39 is 5.97 Å². The summed E-state index contributed by atoms with van der Waals surface area (Å²) in [6, 6.07) is 8.20. The molecular weight excluding hydrogens is 290 g/mol. The van der Waals surface area contributed by atoms with Crippen molar-refractivity contribution in [3.63, 3.8) is 0 Å². The Morgan fingerprint density at radius 3 is 2.78 bits per heavy atom. The summed E-state index contributed by atoms with van der Waals surface area (Å²) in [4.78, 5) is 15.2. The van der Waals surface area contributed by atoms with Crippen molar-refractivity contribution >= 4 is 16.9 Å². The zero-order valence-electron chi connectivity index (χ0n) is 13.3. The van der Waals surface area contributed by atoms with E-state index in [4.69, 9.17) is 0 Å². The predicted molar refractivity (Wildman–Crippen MR) is 88.7 cm³/mol. The molecule has 3 aromatic rings. The first-order valence-electron chi connectivity index (χ1n) is 7.99. The smallest absolute Gasteiger partial charge is 0.354 e. The zero-order valence-corrected chi connectivity index (χ0v) is 13.3. The van der Waals surface area contributed by atoms with Gasteiger partial charge in [0.15, 0.2) is 0 Å². The van der Waals surface area contributed by atoms with Gasteiger partial charge < -0.3 is 10.1 Å². The fourth-order valence-corrected chi connectivity index (χ4v) is 3.57. The number of nitrogens with zero attached hydrogens (tertiary/aromatic N) is 2. The molecule has 23 heavy (non-hydrogen) atoms. The number of carboxylic acids is 1. The second kappa shape index (κ2) is 4.98. The first-order valence-corrected chi connectivity index (χ1v) is 7.99. The van der Waals surface area contributed by atoms with Crippen LogP contribution in [0.3, 0.4) is 0 Å². The van der Waals surface area contributed by atoms with Gasteiger partial charge in [-0.15, -0.1) is 0 Å². The van der Waals surface area contributed by atoms with Gasteiger partial charge in [-0.25, -0.2) is 4.79 Å². The highest BCUT2D eigenvalue weighted by atomic mass is 16.4. The molecule has 2 N–H and O–H groups in total. The number of rotatable bonds is 3. The monoisotopic (exact) mass is 309 g/mol. The standard InChI is InChI=1S/C18H19N3O2/c1-10(2)9-21-17(18(22)23)13-8-7-12-11-5-3-4-6-14(11)19-15(12)16(13)20-21/h3-6,10,19H,7-9H2,1-2H3,(H,22,23). The van der Waals surface area contributed by atoms with E-state index in [0.29, 0.717) is 18.2 Å². The SMILES string of the molecule is CC(C)Cn1nc2c(c1C(=O)O)CCc1c-2[nH]c2ccccc12. The lowest BCUT2D eigenvalue weighted by Crippen LogP contribution is -2.15. The van der Waals surface area contributed by atoms with Gasteiger partial charge in [-0.3, -0.25) is 4.68 Å². The Morgan fingerprint density at radius 1 is 1.30 bits per heavy atom. The van der Waals surface area contributed by atoms with E-state index in [-0.39, 0.29) is 0 Å². The highest BCUT2D eigenvalue weighted by Crippen LogP contribution is 2.38. The molecule has 1 aromatic carbocycles. The first kappa shape index (κ1) is 14.1. The third-order valence-electron chi connectivity index (χ3n) is 4.47. The van der Waals surface area contributed by atoms with E-state index in [0.717, 1.165) is 35.3 Å². The molecule has 0 fully saturated rings. The molecule has 0 saturated heterocycles. The maximum absolute atomic E-state index is 11.7. The molecule has 5 heteroatoms. The number of benzene rings is 1. The van der Waals surface area contributed by atoms with Crippen LogP contribution in [0.1, 0.15) is 35.5 Å². The quantitative estimate of drug-likeness (QED) is 0.778. The topological polar surface area (TPSA) is 70.9 Å². The van der Waals surface area contributed by atoms with E-state index in [1.54, 1.807) is 4.68 Å². The normalized spacial score (nSPS) is 13.3. The summed E-state index contributed by atoms with van der Waals surface area (Å²) in [7, 11) is 0. The number of hydrogen-bond acceptors (Lipinski definition) is 2. The van der Waals surface area contributed by atoms with E-state index in [1.165, 1.54) is 10.9 Å². The molecule has 0 saturated carbocycles. The number of fused-ring (bicyclic) bond motifs is 5. The van der Waals surface area contributed by atoms with Gasteiger partial charge in [0, 0.05) is 23.0 Å². The maximum Gasteiger partial charge on any atom is 0.354 e. The van der Waals surface area contributed by atoms with E-state index in [9.17, 15) is 9.90 Å². The lowest BCUT2D eigenvalue weighted by molar-refractivity contribution is 0.0681. The van der Waals surface area contributed by atoms with Gasteiger partial charge in [-0.05, 0) is 30.4 Å². The highest BCUT2D eigenvalue weighted by Gasteiger charge is 2.30. The van der Waals surface area contributed by atoms with Gasteiger partial charge in [-0.2, -0.15) is 5.10 Å². The number of aromatic carboxylic acids is 1. The summed E-state index contributed by atoms with van der Waals surface area (Å²) in [6.45, 7) is 4.76. The van der Waals surface area contributed by atoms with Crippen LogP contribution in [0.2, 0.25) is 0 Å². The third-order valence-corrected chi connectivity index (χ3v) is 4.47. The molecule has 1 aliphatic carbocycles. The predicted octanol–water partition coefficient (Wildman–Crippen LogP) is 3.48. The van der Waals surface area contributed by atoms with Crippen molar-refractivity contribution < 1.29 is 9.90 Å². The van der Waals surface area contributed by atoms with E-state index in [2.05, 4.69) is 36.1 Å². The number of aromatic amines is 1. The van der Waals surface area contributed by atoms with Crippen molar-refractivity contribution in [3.8, 4) is 11.4 Å². The van der Waals surface area contributed by atoms with Gasteiger partial charge in [0.1, 0.15) is 11.4 Å². The molecule has 2 heterocycles. The molecule has 0 atom stereocenters. The van der Waals surface area contributed by atoms with Crippen LogP contribution in [-0.4, -0.2) is 25.8 Å². The third kappa shape index (κ3) is 2.07. The maximum atomic E-state index is 11.7. The Kier molecular flexibility index (Phi) is 3.04. The van der Waals surface area contributed by atoms with Gasteiger partial charge in [-0.1, -0.05) is 32.0 Å². The van der Waals surface area contributed by atoms with Crippen LogP contribution < -0.4 is 0 Å². The molecule has 0 radical (unpaired) electrons. The van der Waals surface area contributed by atoms with Gasteiger partial charge in [0.25, 0.3) is 0 Å². The fourth-order valence-electron chi connectivity index (χ4n) is 3.57. The number of carbonyl (C=O) groups is 1. The molecule has 118 valence electrons. The van der Waals surface area contributed by atoms with Crippen LogP contribution in [0.4, 0.5) is 0 Å². The second-order valence-corrected chi connectivity index (χ2v) is 6.58. The summed E-state index contributed by atoms with van der Waals surface area (Å²) >= 11 is 0. The molecule has 5 nitrogen and oxygen atoms in total. The summed E-state index contributed by atoms with van der Waals surface area (Å²) in [6.07, 6.45) is 1.57. The molecule has 1 aliphatic rings. The number of carboxylic acid groups (broad SMARTS) is 1. The van der Waals surface area contributed by atoms with Crippen LogP contribution in [0, 0.1) is 5.92 Å². The molecule has 4 rings (SSSR count). The Labute approximate surface area is 133 Å². The van der Waals surface area contributed by atoms with Crippen LogP contribution in [0.5, 0.6) is 0 Å². The number of hydrogen-bond donors (Lipinski definition) is 2. The minimum Gasteiger partial charge on any atom is -0.477 e. The summed E-state index contributed by atoms with van der Waals surface area (Å²) in [5, 5.41) is 15.5. The highest BCUT2D eigenvalue weighted by molar-refractivity contribution is 5.95. The van der Waals surface area contributed by atoms with E-state index in [1.807, 2.05) is 12.1 Å². The summed E-state index contributed by atoms with van der Waals surface area (Å²) in [5.74, 6) is -0.546. The van der Waals surface area contributed by atoms with Gasteiger partial charge in [0.05, 0.1) is 5.69 Å². The number of nitrogens with one attached hydrogen (secondary N) is 1. The molecule has 0 unspecified atom stereocenters. The molecular formula is C18H19N3O2. The Morgan fingerprint density at radius 2 is 2.04 bits per heavy atom. The lowest BCUT2D eigenvalue weighted by atomic mass is 9.92. The van der Waals surface area contributed by atoms with E-state index >= 15 is 0 Å². The fraction of sp³-hybridized carbons (Fsp3) is 0.333. The van der Waals surface area contributed by atoms with Crippen LogP contribution in [0.25, 0.3) is 22.3 Å². The molecule has 0 aliphatic heterocycles. The van der Waals surface area contributed by atoms with Crippen LogP contribution >= 0.6 is 0 Å². The average molecular weight is 309 g/mol. The number of para-hydroxylation sites is 1. The first-order chi connectivity index (χ1) is 11.1. The summed E-state index contributed by atoms with van der Waals surface area (Å²) < 4.78 is 1.66. The van der Waals surface area contributed by atoms with Gasteiger partial charge >= 0.3 is 5.97 Å². The van der Waals surface area contributed by atoms with Crippen molar-refractivity contribution in [2.24, 2.45) is 5.92 Å². The Hall–Kier alpha value is -2.56. The van der Waals surface area contributed by atoms with Crippen molar-refractivity contribution in [1.29, 1.82) is 0 Å². The number of aromatic nitrogens is 3. The van der Waals surface area contributed by atoms with Crippen LogP contribution in [-0.2, 0) is 19.4 Å². The molecule has 0 amide bonds. The molecule has 2 aromatic heterocycles. The van der Waals surface area contributed by atoms with Crippen molar-refractivity contribution in [1.82, 2.24) is 14.8 Å². The minimum absolute atomic E-state index is 0.344. The summed E-state index contributed by atoms with van der Waals surface area (Å²) in [5.41, 5.74) is 5.33. The van der Waals surface area contributed by atoms with Crippen molar-refractivity contribution in [2.75, 3.05) is 0 Å². The largest absolute Gasteiger partial charge is 0.477 e. The van der Waals surface area contributed by atoms with Crippen molar-refractivity contribution in [2.45, 2.75) is 33.2 Å². The molecule has 0 spiro atoms. The average Bonchev–Trinajstić information content (AvgIpc) is 3.03. The lowest BCUT2D eigenvalue weighted by Gasteiger charge is -2.11. The van der Waals surface area contributed by atoms with Gasteiger partial charge in [0.2, 0.25) is 0 Å². The van der Waals surface area contributed by atoms with Crippen molar-refractivity contribution in [3.05, 3.63) is 41.1 Å². The Bertz CT molecular complexity index is 918. The molecule has 0 bridgehead atoms. The second-order valence-electron chi connectivity index (χ2n) is 6.58. The Balaban J connectivity index is 1.96.